The fourth-order valence-corrected chi connectivity index (χ4v) is 2.40. The summed E-state index contributed by atoms with van der Waals surface area (Å²) >= 11 is 0. The summed E-state index contributed by atoms with van der Waals surface area (Å²) in [4.78, 5) is 29.7. The number of amides is 1. The first-order chi connectivity index (χ1) is 10.9. The number of benzene rings is 2. The second-order valence-electron chi connectivity index (χ2n) is 4.84. The third kappa shape index (κ3) is 5.19. The van der Waals surface area contributed by atoms with Gasteiger partial charge in [0, 0.05) is 5.69 Å². The number of anilines is 1. The fourth-order valence-electron chi connectivity index (χ4n) is 1.83. The molecule has 0 aliphatic heterocycles. The minimum Gasteiger partial charge on any atom is -0.444 e. The third-order valence-electron chi connectivity index (χ3n) is 3.07. The summed E-state index contributed by atoms with van der Waals surface area (Å²) in [6.45, 7) is 0.147. The maximum atomic E-state index is 11.7. The van der Waals surface area contributed by atoms with E-state index < -0.39 is 19.5 Å². The van der Waals surface area contributed by atoms with Gasteiger partial charge in [-0.1, -0.05) is 42.5 Å². The van der Waals surface area contributed by atoms with Gasteiger partial charge in [-0.05, 0) is 23.3 Å². The summed E-state index contributed by atoms with van der Waals surface area (Å²) in [7, 11) is -4.40. The van der Waals surface area contributed by atoms with Crippen LogP contribution in [0.1, 0.15) is 16.9 Å². The van der Waals surface area contributed by atoms with Gasteiger partial charge < -0.3 is 20.3 Å². The lowest BCUT2D eigenvalue weighted by Crippen LogP contribution is -2.14. The second-order valence-corrected chi connectivity index (χ2v) is 6.58. The summed E-state index contributed by atoms with van der Waals surface area (Å²) in [6.07, 6.45) is -0.624. The number of carbonyl (C=O) groups is 1. The highest BCUT2D eigenvalue weighted by molar-refractivity contribution is 7.52. The minimum absolute atomic E-state index is 0.147. The van der Waals surface area contributed by atoms with E-state index in [2.05, 4.69) is 5.32 Å². The molecule has 2 aromatic carbocycles. The molecule has 23 heavy (non-hydrogen) atoms. The Morgan fingerprint density at radius 1 is 1.13 bits per heavy atom. The largest absolute Gasteiger partial charge is 0.444 e. The molecule has 0 radical (unpaired) electrons. The minimum atomic E-state index is -4.40. The first-order valence-corrected chi connectivity index (χ1v) is 8.43. The molecule has 0 fully saturated rings. The lowest BCUT2D eigenvalue weighted by Gasteiger charge is -2.14. The summed E-state index contributed by atoms with van der Waals surface area (Å²) in [5.41, 5.74) is 7.04. The number of rotatable bonds is 5. The molecule has 0 bridgehead atoms. The van der Waals surface area contributed by atoms with E-state index in [0.29, 0.717) is 5.69 Å². The quantitative estimate of drug-likeness (QED) is 0.623. The third-order valence-corrected chi connectivity index (χ3v) is 4.10. The Morgan fingerprint density at radius 2 is 1.74 bits per heavy atom. The highest BCUT2D eigenvalue weighted by Crippen LogP contribution is 2.48. The van der Waals surface area contributed by atoms with Crippen molar-refractivity contribution in [3.8, 4) is 0 Å². The van der Waals surface area contributed by atoms with E-state index in [4.69, 9.17) is 20.3 Å². The lowest BCUT2D eigenvalue weighted by atomic mass is 10.2. The van der Waals surface area contributed by atoms with E-state index in [9.17, 15) is 9.36 Å². The van der Waals surface area contributed by atoms with Crippen molar-refractivity contribution >= 4 is 19.4 Å². The van der Waals surface area contributed by atoms with Gasteiger partial charge in [-0.2, -0.15) is 0 Å². The van der Waals surface area contributed by atoms with Gasteiger partial charge in [-0.3, -0.25) is 9.88 Å². The molecule has 0 aliphatic rings. The van der Waals surface area contributed by atoms with Gasteiger partial charge in [-0.15, -0.1) is 0 Å². The first-order valence-electron chi connectivity index (χ1n) is 6.75. The molecule has 2 rings (SSSR count). The molecule has 0 aromatic heterocycles. The first kappa shape index (κ1) is 17.2. The van der Waals surface area contributed by atoms with Crippen LogP contribution in [-0.2, 0) is 15.9 Å². The molecule has 1 atom stereocenters. The Hall–Kier alpha value is -2.18. The summed E-state index contributed by atoms with van der Waals surface area (Å²) in [6, 6.07) is 15.1. The van der Waals surface area contributed by atoms with Crippen LogP contribution in [0.25, 0.3) is 0 Å². The van der Waals surface area contributed by atoms with Crippen LogP contribution in [0, 0.1) is 0 Å². The maximum absolute atomic E-state index is 11.7. The van der Waals surface area contributed by atoms with E-state index in [1.54, 1.807) is 0 Å². The van der Waals surface area contributed by atoms with Crippen molar-refractivity contribution in [2.75, 3.05) is 5.32 Å². The molecule has 5 N–H and O–H groups in total. The highest BCUT2D eigenvalue weighted by atomic mass is 31.2. The van der Waals surface area contributed by atoms with Gasteiger partial charge in [0.05, 0.1) is 0 Å². The Morgan fingerprint density at radius 3 is 2.30 bits per heavy atom. The maximum Gasteiger partial charge on any atom is 0.411 e. The van der Waals surface area contributed by atoms with Crippen LogP contribution in [0.5, 0.6) is 0 Å². The topological polar surface area (TPSA) is 122 Å². The molecular weight excluding hydrogens is 319 g/mol. The van der Waals surface area contributed by atoms with Gasteiger partial charge in [0.25, 0.3) is 0 Å². The number of carbonyl (C=O) groups excluding carboxylic acids is 1. The number of nitrogens with two attached hydrogens (primary N) is 1. The van der Waals surface area contributed by atoms with E-state index in [0.717, 1.165) is 5.56 Å². The molecule has 2 aromatic rings. The van der Waals surface area contributed by atoms with Crippen LogP contribution in [0.4, 0.5) is 10.5 Å². The molecule has 0 saturated heterocycles. The highest BCUT2D eigenvalue weighted by Gasteiger charge is 2.26. The number of nitrogens with one attached hydrogen (secondary N) is 1. The smallest absolute Gasteiger partial charge is 0.411 e. The van der Waals surface area contributed by atoms with Crippen molar-refractivity contribution in [2.24, 2.45) is 5.73 Å². The van der Waals surface area contributed by atoms with E-state index in [1.807, 2.05) is 30.3 Å². The zero-order valence-corrected chi connectivity index (χ0v) is 13.0. The van der Waals surface area contributed by atoms with E-state index >= 15 is 0 Å². The fraction of sp³-hybridized carbons (Fsp3) is 0.133. The van der Waals surface area contributed by atoms with Crippen molar-refractivity contribution in [3.05, 3.63) is 65.7 Å². The second kappa shape index (κ2) is 7.39. The van der Waals surface area contributed by atoms with Crippen molar-refractivity contribution in [2.45, 2.75) is 12.4 Å². The summed E-state index contributed by atoms with van der Waals surface area (Å²) in [5, 5.41) is 2.52. The van der Waals surface area contributed by atoms with Gasteiger partial charge in [0.15, 0.2) is 0 Å². The van der Waals surface area contributed by atoms with Crippen LogP contribution < -0.4 is 11.1 Å². The normalized spacial score (nSPS) is 12.5. The monoisotopic (exact) mass is 336 g/mol. The van der Waals surface area contributed by atoms with Crippen molar-refractivity contribution in [3.63, 3.8) is 0 Å². The predicted molar refractivity (Wildman–Crippen MR) is 85.7 cm³/mol. The van der Waals surface area contributed by atoms with Crippen molar-refractivity contribution in [1.29, 1.82) is 0 Å². The Balaban J connectivity index is 1.90. The van der Waals surface area contributed by atoms with Crippen LogP contribution in [0.15, 0.2) is 54.6 Å². The molecule has 1 unspecified atom stereocenters. The summed E-state index contributed by atoms with van der Waals surface area (Å²) in [5.74, 6) is -1.39. The van der Waals surface area contributed by atoms with Crippen molar-refractivity contribution in [1.82, 2.24) is 0 Å². The Labute approximate surface area is 133 Å². The Bertz CT molecular complexity index is 700. The van der Waals surface area contributed by atoms with Crippen LogP contribution in [-0.4, -0.2) is 15.9 Å². The predicted octanol–water partition coefficient (Wildman–Crippen LogP) is 2.57. The standard InChI is InChI=1S/C15H17N2O5P/c16-14(23(19,20)21)12-6-8-13(9-7-12)17-15(18)22-10-11-4-2-1-3-5-11/h1-9,14H,10,16H2,(H,17,18)(H2,19,20,21). The summed E-state index contributed by atoms with van der Waals surface area (Å²) < 4.78 is 16.2. The van der Waals surface area contributed by atoms with Crippen LogP contribution in [0.3, 0.4) is 0 Å². The number of hydrogen-bond donors (Lipinski definition) is 4. The molecule has 7 nitrogen and oxygen atoms in total. The van der Waals surface area contributed by atoms with Crippen molar-refractivity contribution < 1.29 is 23.9 Å². The Kier molecular flexibility index (Phi) is 5.52. The average molecular weight is 336 g/mol. The zero-order chi connectivity index (χ0) is 16.9. The molecule has 8 heteroatoms. The molecule has 1 amide bonds. The van der Waals surface area contributed by atoms with Gasteiger partial charge in [0.2, 0.25) is 0 Å². The molecule has 122 valence electrons. The van der Waals surface area contributed by atoms with E-state index in [1.165, 1.54) is 24.3 Å². The molecule has 0 aliphatic carbocycles. The number of hydrogen-bond acceptors (Lipinski definition) is 4. The molecule has 0 spiro atoms. The zero-order valence-electron chi connectivity index (χ0n) is 12.1. The van der Waals surface area contributed by atoms with Gasteiger partial charge in [0.1, 0.15) is 12.4 Å². The van der Waals surface area contributed by atoms with Gasteiger partial charge >= 0.3 is 13.7 Å². The molecular formula is C15H17N2O5P. The van der Waals surface area contributed by atoms with Crippen LogP contribution in [0.2, 0.25) is 0 Å². The van der Waals surface area contributed by atoms with E-state index in [-0.39, 0.29) is 12.2 Å². The molecule has 0 heterocycles. The van der Waals surface area contributed by atoms with Gasteiger partial charge in [-0.25, -0.2) is 4.79 Å². The SMILES string of the molecule is NC(c1ccc(NC(=O)OCc2ccccc2)cc1)P(=O)(O)O. The molecule has 0 saturated carbocycles. The average Bonchev–Trinajstić information content (AvgIpc) is 2.53. The number of ether oxygens (including phenoxy) is 1. The lowest BCUT2D eigenvalue weighted by molar-refractivity contribution is 0.155. The van der Waals surface area contributed by atoms with Crippen LogP contribution >= 0.6 is 7.60 Å².